The largest absolute Gasteiger partial charge is 0.393 e. The van der Waals surface area contributed by atoms with E-state index in [9.17, 15) is 14.7 Å². The van der Waals surface area contributed by atoms with Gasteiger partial charge in [-0.15, -0.1) is 0 Å². The van der Waals surface area contributed by atoms with Gasteiger partial charge < -0.3 is 20.6 Å². The standard InChI is InChI=1S/C18H27N3O3/c1-12(2)19-18(24)20-15-8-4-6-13(10-15)17(23)21(3)11-14-7-5-9-16(14)22/h4,6,8,10,12,14,16,22H,5,7,9,11H2,1-3H3,(H2,19,20,24)/t14-,16-/m1/s1. The highest BCUT2D eigenvalue weighted by molar-refractivity contribution is 5.96. The summed E-state index contributed by atoms with van der Waals surface area (Å²) in [7, 11) is 1.75. The van der Waals surface area contributed by atoms with Crippen LogP contribution in [0.15, 0.2) is 24.3 Å². The predicted octanol–water partition coefficient (Wildman–Crippen LogP) is 2.45. The molecule has 1 aliphatic carbocycles. The minimum atomic E-state index is -0.312. The van der Waals surface area contributed by atoms with E-state index in [1.54, 1.807) is 36.2 Å². The Morgan fingerprint density at radius 1 is 1.33 bits per heavy atom. The van der Waals surface area contributed by atoms with E-state index in [-0.39, 0.29) is 30.0 Å². The molecule has 0 aliphatic heterocycles. The van der Waals surface area contributed by atoms with Crippen molar-refractivity contribution in [1.29, 1.82) is 0 Å². The molecular weight excluding hydrogens is 306 g/mol. The van der Waals surface area contributed by atoms with Crippen molar-refractivity contribution in [3.05, 3.63) is 29.8 Å². The molecule has 1 aromatic carbocycles. The molecule has 2 rings (SSSR count). The van der Waals surface area contributed by atoms with E-state index in [0.29, 0.717) is 17.8 Å². The highest BCUT2D eigenvalue weighted by Crippen LogP contribution is 2.26. The molecule has 0 radical (unpaired) electrons. The monoisotopic (exact) mass is 333 g/mol. The smallest absolute Gasteiger partial charge is 0.319 e. The summed E-state index contributed by atoms with van der Waals surface area (Å²) in [5.74, 6) is 0.0408. The topological polar surface area (TPSA) is 81.7 Å². The molecule has 1 saturated carbocycles. The van der Waals surface area contributed by atoms with E-state index in [1.165, 1.54) is 0 Å². The summed E-state index contributed by atoms with van der Waals surface area (Å²) >= 11 is 0. The Kier molecular flexibility index (Phi) is 6.20. The van der Waals surface area contributed by atoms with Gasteiger partial charge in [-0.2, -0.15) is 0 Å². The Hall–Kier alpha value is -2.08. The number of carbonyl (C=O) groups is 2. The molecule has 0 bridgehead atoms. The van der Waals surface area contributed by atoms with Gasteiger partial charge in [0.05, 0.1) is 6.10 Å². The number of nitrogens with zero attached hydrogens (tertiary/aromatic N) is 1. The molecule has 2 atom stereocenters. The molecule has 6 heteroatoms. The zero-order valence-electron chi connectivity index (χ0n) is 14.6. The van der Waals surface area contributed by atoms with E-state index in [1.807, 2.05) is 13.8 Å². The molecule has 1 aromatic rings. The van der Waals surface area contributed by atoms with Gasteiger partial charge in [-0.3, -0.25) is 4.79 Å². The number of aliphatic hydroxyl groups excluding tert-OH is 1. The van der Waals surface area contributed by atoms with Crippen LogP contribution in [0.25, 0.3) is 0 Å². The Morgan fingerprint density at radius 3 is 2.71 bits per heavy atom. The minimum absolute atomic E-state index is 0.0405. The van der Waals surface area contributed by atoms with Gasteiger partial charge in [0.25, 0.3) is 5.91 Å². The van der Waals surface area contributed by atoms with Crippen LogP contribution in [-0.2, 0) is 0 Å². The van der Waals surface area contributed by atoms with Crippen molar-refractivity contribution in [3.63, 3.8) is 0 Å². The molecule has 0 spiro atoms. The van der Waals surface area contributed by atoms with Gasteiger partial charge in [0.15, 0.2) is 0 Å². The van der Waals surface area contributed by atoms with Gasteiger partial charge >= 0.3 is 6.03 Å². The maximum absolute atomic E-state index is 12.6. The first-order valence-corrected chi connectivity index (χ1v) is 8.48. The third-order valence-corrected chi connectivity index (χ3v) is 4.26. The van der Waals surface area contributed by atoms with Crippen LogP contribution in [0, 0.1) is 5.92 Å². The van der Waals surface area contributed by atoms with Crippen LogP contribution in [0.1, 0.15) is 43.5 Å². The number of hydrogen-bond donors (Lipinski definition) is 3. The number of nitrogens with one attached hydrogen (secondary N) is 2. The first kappa shape index (κ1) is 18.3. The van der Waals surface area contributed by atoms with E-state index in [0.717, 1.165) is 19.3 Å². The lowest BCUT2D eigenvalue weighted by atomic mass is 10.1. The van der Waals surface area contributed by atoms with Crippen molar-refractivity contribution in [2.75, 3.05) is 18.9 Å². The first-order valence-electron chi connectivity index (χ1n) is 8.48. The second kappa shape index (κ2) is 8.15. The number of anilines is 1. The molecule has 0 unspecified atom stereocenters. The van der Waals surface area contributed by atoms with E-state index >= 15 is 0 Å². The average Bonchev–Trinajstić information content (AvgIpc) is 2.91. The minimum Gasteiger partial charge on any atom is -0.393 e. The molecule has 6 nitrogen and oxygen atoms in total. The lowest BCUT2D eigenvalue weighted by Crippen LogP contribution is -2.35. The summed E-state index contributed by atoms with van der Waals surface area (Å²) in [5, 5.41) is 15.4. The summed E-state index contributed by atoms with van der Waals surface area (Å²) in [4.78, 5) is 26.0. The van der Waals surface area contributed by atoms with Gasteiger partial charge in [-0.25, -0.2) is 4.79 Å². The lowest BCUT2D eigenvalue weighted by molar-refractivity contribution is 0.0693. The number of hydrogen-bond acceptors (Lipinski definition) is 3. The van der Waals surface area contributed by atoms with Crippen LogP contribution >= 0.6 is 0 Å². The van der Waals surface area contributed by atoms with Crippen LogP contribution < -0.4 is 10.6 Å². The van der Waals surface area contributed by atoms with Crippen LogP contribution in [-0.4, -0.2) is 47.7 Å². The van der Waals surface area contributed by atoms with Crippen molar-refractivity contribution in [1.82, 2.24) is 10.2 Å². The van der Waals surface area contributed by atoms with Gasteiger partial charge in [-0.05, 0) is 44.9 Å². The van der Waals surface area contributed by atoms with E-state index < -0.39 is 0 Å². The van der Waals surface area contributed by atoms with Crippen molar-refractivity contribution in [2.45, 2.75) is 45.3 Å². The van der Waals surface area contributed by atoms with Gasteiger partial charge in [0.1, 0.15) is 0 Å². The number of urea groups is 1. The second-order valence-electron chi connectivity index (χ2n) is 6.78. The molecule has 0 heterocycles. The predicted molar refractivity (Wildman–Crippen MR) is 94.0 cm³/mol. The zero-order chi connectivity index (χ0) is 17.7. The fraction of sp³-hybridized carbons (Fsp3) is 0.556. The number of rotatable bonds is 5. The number of aliphatic hydroxyl groups is 1. The number of benzene rings is 1. The van der Waals surface area contributed by atoms with Crippen LogP contribution in [0.2, 0.25) is 0 Å². The van der Waals surface area contributed by atoms with E-state index in [2.05, 4.69) is 10.6 Å². The summed E-state index contributed by atoms with van der Waals surface area (Å²) in [6.45, 7) is 4.31. The maximum atomic E-state index is 12.6. The van der Waals surface area contributed by atoms with E-state index in [4.69, 9.17) is 0 Å². The molecule has 132 valence electrons. The summed E-state index contributed by atoms with van der Waals surface area (Å²) in [6.07, 6.45) is 2.47. The van der Waals surface area contributed by atoms with Gasteiger partial charge in [0, 0.05) is 36.8 Å². The van der Waals surface area contributed by atoms with Crippen molar-refractivity contribution >= 4 is 17.6 Å². The number of carbonyl (C=O) groups excluding carboxylic acids is 2. The van der Waals surface area contributed by atoms with Crippen LogP contribution in [0.3, 0.4) is 0 Å². The normalized spacial score (nSPS) is 20.0. The third kappa shape index (κ3) is 4.96. The molecule has 3 amide bonds. The first-order chi connectivity index (χ1) is 11.4. The van der Waals surface area contributed by atoms with Crippen LogP contribution in [0.4, 0.5) is 10.5 Å². The fourth-order valence-corrected chi connectivity index (χ4v) is 3.04. The van der Waals surface area contributed by atoms with Gasteiger partial charge in [-0.1, -0.05) is 12.5 Å². The molecule has 1 aliphatic rings. The van der Waals surface area contributed by atoms with Crippen molar-refractivity contribution < 1.29 is 14.7 Å². The Balaban J connectivity index is 1.98. The van der Waals surface area contributed by atoms with Crippen molar-refractivity contribution in [3.8, 4) is 0 Å². The zero-order valence-corrected chi connectivity index (χ0v) is 14.6. The van der Waals surface area contributed by atoms with Crippen LogP contribution in [0.5, 0.6) is 0 Å². The quantitative estimate of drug-likeness (QED) is 0.774. The Bertz CT molecular complexity index is 589. The second-order valence-corrected chi connectivity index (χ2v) is 6.78. The Morgan fingerprint density at radius 2 is 2.08 bits per heavy atom. The summed E-state index contributed by atoms with van der Waals surface area (Å²) < 4.78 is 0. The summed E-state index contributed by atoms with van der Waals surface area (Å²) in [5.41, 5.74) is 1.10. The number of amides is 3. The SMILES string of the molecule is CC(C)NC(=O)Nc1cccc(C(=O)N(C)C[C@H]2CCC[C@H]2O)c1. The van der Waals surface area contributed by atoms with Crippen molar-refractivity contribution in [2.24, 2.45) is 5.92 Å². The average molecular weight is 333 g/mol. The highest BCUT2D eigenvalue weighted by Gasteiger charge is 2.27. The molecule has 0 saturated heterocycles. The Labute approximate surface area is 143 Å². The fourth-order valence-electron chi connectivity index (χ4n) is 3.04. The highest BCUT2D eigenvalue weighted by atomic mass is 16.3. The molecule has 24 heavy (non-hydrogen) atoms. The molecule has 0 aromatic heterocycles. The maximum Gasteiger partial charge on any atom is 0.319 e. The van der Waals surface area contributed by atoms with Gasteiger partial charge in [0.2, 0.25) is 0 Å². The molecule has 3 N–H and O–H groups in total. The lowest BCUT2D eigenvalue weighted by Gasteiger charge is -2.23. The summed E-state index contributed by atoms with van der Waals surface area (Å²) in [6, 6.07) is 6.64. The molecule has 1 fully saturated rings. The molecular formula is C18H27N3O3. The third-order valence-electron chi connectivity index (χ3n) is 4.26.